The zero-order chi connectivity index (χ0) is 13.0. The molecule has 2 N–H and O–H groups in total. The Hall–Kier alpha value is -1.26. The van der Waals surface area contributed by atoms with Crippen LogP contribution in [0.5, 0.6) is 5.75 Å². The van der Waals surface area contributed by atoms with Gasteiger partial charge in [0.1, 0.15) is 5.75 Å². The normalized spacial score (nSPS) is 12.4. The predicted octanol–water partition coefficient (Wildman–Crippen LogP) is 3.88. The molecule has 96 valence electrons. The molecule has 0 fully saturated rings. The van der Waals surface area contributed by atoms with Gasteiger partial charge in [-0.05, 0) is 34.5 Å². The predicted molar refractivity (Wildman–Crippen MR) is 74.7 cm³/mol. The van der Waals surface area contributed by atoms with Crippen molar-refractivity contribution in [3.05, 3.63) is 52.4 Å². The first-order chi connectivity index (χ1) is 8.74. The number of hydrogen-bond donors (Lipinski definition) is 1. The molecular weight excluding hydrogens is 294 g/mol. The first kappa shape index (κ1) is 13.2. The van der Waals surface area contributed by atoms with Crippen LogP contribution in [0.1, 0.15) is 30.5 Å². The molecule has 18 heavy (non-hydrogen) atoms. The highest BCUT2D eigenvalue weighted by molar-refractivity contribution is 9.10. The van der Waals surface area contributed by atoms with E-state index in [9.17, 15) is 0 Å². The fourth-order valence-corrected chi connectivity index (χ4v) is 2.26. The Balaban J connectivity index is 2.30. The molecule has 1 atom stereocenters. The van der Waals surface area contributed by atoms with Crippen molar-refractivity contribution in [3.63, 3.8) is 0 Å². The van der Waals surface area contributed by atoms with Crippen molar-refractivity contribution in [3.8, 4) is 5.75 Å². The zero-order valence-electron chi connectivity index (χ0n) is 10.2. The van der Waals surface area contributed by atoms with Gasteiger partial charge in [0.2, 0.25) is 0 Å². The van der Waals surface area contributed by atoms with E-state index in [0.717, 1.165) is 23.3 Å². The van der Waals surface area contributed by atoms with Crippen LogP contribution in [0, 0.1) is 0 Å². The quantitative estimate of drug-likeness (QED) is 0.911. The molecule has 0 amide bonds. The van der Waals surface area contributed by atoms with Crippen molar-refractivity contribution in [2.24, 2.45) is 5.73 Å². The van der Waals surface area contributed by atoms with Crippen molar-refractivity contribution in [2.45, 2.75) is 19.4 Å². The van der Waals surface area contributed by atoms with Crippen LogP contribution in [0.2, 0.25) is 0 Å². The van der Waals surface area contributed by atoms with E-state index in [2.05, 4.69) is 22.9 Å². The number of para-hydroxylation sites is 1. The number of rotatable bonds is 5. The Labute approximate surface area is 115 Å². The third-order valence-corrected chi connectivity index (χ3v) is 3.34. The van der Waals surface area contributed by atoms with Gasteiger partial charge in [-0.25, -0.2) is 0 Å². The molecule has 0 aliphatic heterocycles. The second-order valence-corrected chi connectivity index (χ2v) is 4.73. The highest BCUT2D eigenvalue weighted by Crippen LogP contribution is 2.32. The number of hydrogen-bond acceptors (Lipinski definition) is 3. The number of benzene rings is 1. The number of nitrogens with two attached hydrogens (primary N) is 1. The van der Waals surface area contributed by atoms with Gasteiger partial charge in [-0.1, -0.05) is 25.1 Å². The third-order valence-electron chi connectivity index (χ3n) is 2.70. The maximum atomic E-state index is 6.26. The van der Waals surface area contributed by atoms with E-state index in [1.807, 2.05) is 30.3 Å². The molecule has 0 aliphatic rings. The van der Waals surface area contributed by atoms with Gasteiger partial charge in [-0.15, -0.1) is 0 Å². The smallest absolute Gasteiger partial charge is 0.174 e. The van der Waals surface area contributed by atoms with Crippen LogP contribution in [0.3, 0.4) is 0 Å². The molecule has 4 heteroatoms. The lowest BCUT2D eigenvalue weighted by molar-refractivity contribution is 0.313. The fraction of sp³-hybridized carbons (Fsp3) is 0.286. The van der Waals surface area contributed by atoms with Crippen molar-refractivity contribution >= 4 is 15.9 Å². The number of halogens is 1. The summed E-state index contributed by atoms with van der Waals surface area (Å²) in [6, 6.07) is 9.44. The van der Waals surface area contributed by atoms with Crippen molar-refractivity contribution in [2.75, 3.05) is 6.61 Å². The summed E-state index contributed by atoms with van der Waals surface area (Å²) in [5, 5.41) is 0. The molecule has 0 spiro atoms. The first-order valence-corrected chi connectivity index (χ1v) is 6.73. The summed E-state index contributed by atoms with van der Waals surface area (Å²) < 4.78 is 11.6. The Morgan fingerprint density at radius 3 is 2.72 bits per heavy atom. The van der Waals surface area contributed by atoms with Gasteiger partial charge in [-0.3, -0.25) is 0 Å². The summed E-state index contributed by atoms with van der Waals surface area (Å²) in [6.45, 7) is 2.77. The summed E-state index contributed by atoms with van der Waals surface area (Å²) >= 11 is 3.35. The monoisotopic (exact) mass is 309 g/mol. The first-order valence-electron chi connectivity index (χ1n) is 5.94. The summed E-state index contributed by atoms with van der Waals surface area (Å²) in [6.07, 6.45) is 2.59. The fourth-order valence-electron chi connectivity index (χ4n) is 1.78. The molecule has 1 aromatic carbocycles. The van der Waals surface area contributed by atoms with Gasteiger partial charge in [0.25, 0.3) is 0 Å². The number of furan rings is 1. The van der Waals surface area contributed by atoms with Gasteiger partial charge in [-0.2, -0.15) is 0 Å². The lowest BCUT2D eigenvalue weighted by atomic mass is 10.0. The zero-order valence-corrected chi connectivity index (χ0v) is 11.8. The van der Waals surface area contributed by atoms with Crippen LogP contribution >= 0.6 is 15.9 Å². The maximum absolute atomic E-state index is 6.26. The minimum Gasteiger partial charge on any atom is -0.493 e. The van der Waals surface area contributed by atoms with E-state index in [1.165, 1.54) is 0 Å². The summed E-state index contributed by atoms with van der Waals surface area (Å²) in [5.74, 6) is 0.833. The van der Waals surface area contributed by atoms with Crippen LogP contribution in [0.25, 0.3) is 0 Å². The van der Waals surface area contributed by atoms with Gasteiger partial charge in [0, 0.05) is 11.1 Å². The highest BCUT2D eigenvalue weighted by Gasteiger charge is 2.18. The average molecular weight is 310 g/mol. The molecule has 3 nitrogen and oxygen atoms in total. The molecule has 0 bridgehead atoms. The summed E-state index contributed by atoms with van der Waals surface area (Å²) in [7, 11) is 0. The van der Waals surface area contributed by atoms with Gasteiger partial charge in [0.15, 0.2) is 4.67 Å². The Kier molecular flexibility index (Phi) is 4.44. The standard InChI is InChI=1S/C14H16BrNO2/c1-2-8-17-12-6-4-3-5-10(12)13(16)11-7-9-18-14(11)15/h3-7,9,13H,2,8,16H2,1H3. The van der Waals surface area contributed by atoms with Crippen LogP contribution in [-0.2, 0) is 0 Å². The minimum absolute atomic E-state index is 0.258. The topological polar surface area (TPSA) is 48.4 Å². The molecule has 2 aromatic rings. The van der Waals surface area contributed by atoms with Gasteiger partial charge in [0.05, 0.1) is 18.9 Å². The van der Waals surface area contributed by atoms with Crippen LogP contribution in [-0.4, -0.2) is 6.61 Å². The van der Waals surface area contributed by atoms with E-state index >= 15 is 0 Å². The average Bonchev–Trinajstić information content (AvgIpc) is 2.82. The molecule has 0 saturated heterocycles. The maximum Gasteiger partial charge on any atom is 0.174 e. The lowest BCUT2D eigenvalue weighted by Gasteiger charge is -2.16. The Morgan fingerprint density at radius 2 is 2.06 bits per heavy atom. The summed E-state index contributed by atoms with van der Waals surface area (Å²) in [5.41, 5.74) is 8.15. The largest absolute Gasteiger partial charge is 0.493 e. The number of ether oxygens (including phenoxy) is 1. The van der Waals surface area contributed by atoms with E-state index in [-0.39, 0.29) is 6.04 Å². The van der Waals surface area contributed by atoms with Crippen LogP contribution < -0.4 is 10.5 Å². The molecule has 0 aliphatic carbocycles. The van der Waals surface area contributed by atoms with Gasteiger partial charge >= 0.3 is 0 Å². The van der Waals surface area contributed by atoms with Gasteiger partial charge < -0.3 is 14.9 Å². The van der Waals surface area contributed by atoms with E-state index in [0.29, 0.717) is 11.3 Å². The van der Waals surface area contributed by atoms with Crippen molar-refractivity contribution in [1.29, 1.82) is 0 Å². The van der Waals surface area contributed by atoms with E-state index < -0.39 is 0 Å². The van der Waals surface area contributed by atoms with Crippen molar-refractivity contribution < 1.29 is 9.15 Å². The van der Waals surface area contributed by atoms with Crippen LogP contribution in [0.4, 0.5) is 0 Å². The Bertz CT molecular complexity index is 510. The molecule has 1 aromatic heterocycles. The second-order valence-electron chi connectivity index (χ2n) is 4.01. The molecule has 1 heterocycles. The minimum atomic E-state index is -0.258. The Morgan fingerprint density at radius 1 is 1.28 bits per heavy atom. The van der Waals surface area contributed by atoms with Crippen LogP contribution in [0.15, 0.2) is 45.7 Å². The molecular formula is C14H16BrNO2. The lowest BCUT2D eigenvalue weighted by Crippen LogP contribution is -2.13. The summed E-state index contributed by atoms with van der Waals surface area (Å²) in [4.78, 5) is 0. The third kappa shape index (κ3) is 2.76. The second kappa shape index (κ2) is 6.07. The highest BCUT2D eigenvalue weighted by atomic mass is 79.9. The molecule has 0 saturated carbocycles. The molecule has 1 unspecified atom stereocenters. The van der Waals surface area contributed by atoms with Crippen molar-refractivity contribution in [1.82, 2.24) is 0 Å². The molecule has 2 rings (SSSR count). The molecule has 0 radical (unpaired) electrons. The van der Waals surface area contributed by atoms with E-state index in [1.54, 1.807) is 6.26 Å². The SMILES string of the molecule is CCCOc1ccccc1C(N)c1ccoc1Br. The van der Waals surface area contributed by atoms with E-state index in [4.69, 9.17) is 14.9 Å².